The Morgan fingerprint density at radius 1 is 1.37 bits per heavy atom. The predicted octanol–water partition coefficient (Wildman–Crippen LogP) is 1.78. The summed E-state index contributed by atoms with van der Waals surface area (Å²) >= 11 is 1.50. The molecule has 0 atom stereocenters. The zero-order valence-electron chi connectivity index (χ0n) is 10.4. The first-order valence-corrected chi connectivity index (χ1v) is 6.68. The zero-order chi connectivity index (χ0) is 13.7. The van der Waals surface area contributed by atoms with Gasteiger partial charge in [0.15, 0.2) is 0 Å². The number of carbonyl (C=O) groups excluding carboxylic acids is 1. The van der Waals surface area contributed by atoms with Crippen molar-refractivity contribution in [2.75, 3.05) is 13.6 Å². The van der Waals surface area contributed by atoms with E-state index in [4.69, 9.17) is 0 Å². The van der Waals surface area contributed by atoms with Crippen LogP contribution in [-0.2, 0) is 11.3 Å². The minimum atomic E-state index is -0.257. The minimum absolute atomic E-state index is 0.0611. The molecule has 1 aromatic carbocycles. The Hall–Kier alpha value is -1.79. The molecule has 1 aromatic heterocycles. The van der Waals surface area contributed by atoms with Gasteiger partial charge in [-0.3, -0.25) is 4.79 Å². The Labute approximate surface area is 114 Å². The fraction of sp³-hybridized carbons (Fsp3) is 0.231. The number of rotatable bonds is 5. The molecule has 0 spiro atoms. The fourth-order valence-electron chi connectivity index (χ4n) is 1.51. The van der Waals surface area contributed by atoms with Gasteiger partial charge in [0.25, 0.3) is 0 Å². The van der Waals surface area contributed by atoms with Crippen LogP contribution >= 0.6 is 11.3 Å². The van der Waals surface area contributed by atoms with Crippen molar-refractivity contribution in [3.63, 3.8) is 0 Å². The lowest BCUT2D eigenvalue weighted by Crippen LogP contribution is -2.31. The largest absolute Gasteiger partial charge is 0.358 e. The first-order chi connectivity index (χ1) is 9.19. The number of halogens is 1. The molecule has 0 aliphatic heterocycles. The van der Waals surface area contributed by atoms with E-state index >= 15 is 0 Å². The zero-order valence-corrected chi connectivity index (χ0v) is 11.3. The second kappa shape index (κ2) is 6.40. The van der Waals surface area contributed by atoms with Gasteiger partial charge in [0.2, 0.25) is 5.91 Å². The molecule has 0 aliphatic carbocycles. The number of nitrogens with one attached hydrogen (secondary N) is 2. The lowest BCUT2D eigenvalue weighted by Gasteiger charge is -2.00. The Balaban J connectivity index is 1.95. The third-order valence-corrected chi connectivity index (χ3v) is 3.45. The molecule has 0 saturated heterocycles. The standard InChI is InChI=1S/C13H14FN3OS/c1-15-12(18)7-16-6-11-8-19-13(17-11)9-2-4-10(14)5-3-9/h2-5,8,16H,6-7H2,1H3,(H,15,18). The number of benzene rings is 1. The van der Waals surface area contributed by atoms with Crippen molar-refractivity contribution in [2.24, 2.45) is 0 Å². The normalized spacial score (nSPS) is 10.4. The van der Waals surface area contributed by atoms with Gasteiger partial charge in [-0.2, -0.15) is 0 Å². The predicted molar refractivity (Wildman–Crippen MR) is 73.3 cm³/mol. The van der Waals surface area contributed by atoms with Crippen LogP contribution in [0.5, 0.6) is 0 Å². The maximum Gasteiger partial charge on any atom is 0.233 e. The number of amides is 1. The quantitative estimate of drug-likeness (QED) is 0.877. The van der Waals surface area contributed by atoms with Crippen molar-refractivity contribution in [3.8, 4) is 10.6 Å². The van der Waals surface area contributed by atoms with Gasteiger partial charge in [-0.25, -0.2) is 9.37 Å². The number of carbonyl (C=O) groups is 1. The molecule has 2 N–H and O–H groups in total. The van der Waals surface area contributed by atoms with Crippen LogP contribution < -0.4 is 10.6 Å². The summed E-state index contributed by atoms with van der Waals surface area (Å²) in [6.45, 7) is 0.797. The van der Waals surface area contributed by atoms with E-state index in [2.05, 4.69) is 15.6 Å². The molecule has 2 aromatic rings. The van der Waals surface area contributed by atoms with E-state index < -0.39 is 0 Å². The van der Waals surface area contributed by atoms with Gasteiger partial charge >= 0.3 is 0 Å². The van der Waals surface area contributed by atoms with Crippen LogP contribution in [0, 0.1) is 5.82 Å². The van der Waals surface area contributed by atoms with E-state index in [0.717, 1.165) is 16.3 Å². The van der Waals surface area contributed by atoms with Crippen LogP contribution in [0.1, 0.15) is 5.69 Å². The maximum atomic E-state index is 12.8. The summed E-state index contributed by atoms with van der Waals surface area (Å²) in [5.41, 5.74) is 1.76. The molecule has 1 amide bonds. The van der Waals surface area contributed by atoms with E-state index in [1.54, 1.807) is 19.2 Å². The summed E-state index contributed by atoms with van der Waals surface area (Å²) in [6.07, 6.45) is 0. The van der Waals surface area contributed by atoms with Crippen molar-refractivity contribution in [1.29, 1.82) is 0 Å². The molecule has 1 heterocycles. The number of nitrogens with zero attached hydrogens (tertiary/aromatic N) is 1. The van der Waals surface area contributed by atoms with E-state index in [1.165, 1.54) is 23.5 Å². The monoisotopic (exact) mass is 279 g/mol. The molecular formula is C13H14FN3OS. The summed E-state index contributed by atoms with van der Waals surface area (Å²) < 4.78 is 12.8. The van der Waals surface area contributed by atoms with Gasteiger partial charge in [-0.15, -0.1) is 11.3 Å². The van der Waals surface area contributed by atoms with Crippen LogP contribution in [0.25, 0.3) is 10.6 Å². The lowest BCUT2D eigenvalue weighted by atomic mass is 10.2. The molecule has 100 valence electrons. The molecule has 6 heteroatoms. The van der Waals surface area contributed by atoms with Crippen molar-refractivity contribution in [1.82, 2.24) is 15.6 Å². The van der Waals surface area contributed by atoms with E-state index in [9.17, 15) is 9.18 Å². The second-order valence-electron chi connectivity index (χ2n) is 3.93. The van der Waals surface area contributed by atoms with E-state index in [-0.39, 0.29) is 18.3 Å². The Morgan fingerprint density at radius 2 is 2.11 bits per heavy atom. The molecule has 0 fully saturated rings. The van der Waals surface area contributed by atoms with Crippen LogP contribution in [0.3, 0.4) is 0 Å². The number of thiazole rings is 1. The molecule has 0 saturated carbocycles. The number of hydrogen-bond donors (Lipinski definition) is 2. The van der Waals surface area contributed by atoms with Crippen LogP contribution in [-0.4, -0.2) is 24.5 Å². The summed E-state index contributed by atoms with van der Waals surface area (Å²) in [5.74, 6) is -0.318. The number of hydrogen-bond acceptors (Lipinski definition) is 4. The van der Waals surface area contributed by atoms with Gasteiger partial charge in [0.05, 0.1) is 12.2 Å². The number of likely N-dealkylation sites (N-methyl/N-ethyl adjacent to an activating group) is 1. The van der Waals surface area contributed by atoms with Crippen LogP contribution in [0.15, 0.2) is 29.6 Å². The highest BCUT2D eigenvalue weighted by atomic mass is 32.1. The summed E-state index contributed by atoms with van der Waals surface area (Å²) in [6, 6.07) is 6.24. The van der Waals surface area contributed by atoms with Gasteiger partial charge < -0.3 is 10.6 Å². The Kier molecular flexibility index (Phi) is 4.59. The molecule has 0 unspecified atom stereocenters. The first kappa shape index (κ1) is 13.6. The minimum Gasteiger partial charge on any atom is -0.358 e. The van der Waals surface area contributed by atoms with Crippen molar-refractivity contribution >= 4 is 17.2 Å². The molecule has 19 heavy (non-hydrogen) atoms. The first-order valence-electron chi connectivity index (χ1n) is 5.80. The van der Waals surface area contributed by atoms with Crippen LogP contribution in [0.4, 0.5) is 4.39 Å². The van der Waals surface area contributed by atoms with Gasteiger partial charge in [0.1, 0.15) is 10.8 Å². The fourth-order valence-corrected chi connectivity index (χ4v) is 2.33. The van der Waals surface area contributed by atoms with E-state index in [0.29, 0.717) is 6.54 Å². The molecule has 4 nitrogen and oxygen atoms in total. The van der Waals surface area contributed by atoms with Crippen molar-refractivity contribution in [3.05, 3.63) is 41.2 Å². The highest BCUT2D eigenvalue weighted by Gasteiger charge is 2.05. The van der Waals surface area contributed by atoms with E-state index in [1.807, 2.05) is 5.38 Å². The molecule has 0 bridgehead atoms. The van der Waals surface area contributed by atoms with Gasteiger partial charge in [-0.05, 0) is 24.3 Å². The lowest BCUT2D eigenvalue weighted by molar-refractivity contribution is -0.119. The smallest absolute Gasteiger partial charge is 0.233 e. The highest BCUT2D eigenvalue weighted by Crippen LogP contribution is 2.23. The molecular weight excluding hydrogens is 265 g/mol. The maximum absolute atomic E-state index is 12.8. The topological polar surface area (TPSA) is 54.0 Å². The second-order valence-corrected chi connectivity index (χ2v) is 4.79. The Morgan fingerprint density at radius 3 is 2.79 bits per heavy atom. The molecule has 0 radical (unpaired) electrons. The Bertz CT molecular complexity index is 553. The van der Waals surface area contributed by atoms with Crippen LogP contribution in [0.2, 0.25) is 0 Å². The number of aromatic nitrogens is 1. The average molecular weight is 279 g/mol. The van der Waals surface area contributed by atoms with Gasteiger partial charge in [-0.1, -0.05) is 0 Å². The third-order valence-electron chi connectivity index (χ3n) is 2.51. The summed E-state index contributed by atoms with van der Waals surface area (Å²) in [4.78, 5) is 15.5. The van der Waals surface area contributed by atoms with Crippen molar-refractivity contribution < 1.29 is 9.18 Å². The SMILES string of the molecule is CNC(=O)CNCc1csc(-c2ccc(F)cc2)n1. The molecule has 0 aliphatic rings. The van der Waals surface area contributed by atoms with Gasteiger partial charge in [0, 0.05) is 24.5 Å². The van der Waals surface area contributed by atoms with Crippen molar-refractivity contribution in [2.45, 2.75) is 6.54 Å². The molecule has 2 rings (SSSR count). The summed E-state index contributed by atoms with van der Waals surface area (Å²) in [7, 11) is 1.60. The highest BCUT2D eigenvalue weighted by molar-refractivity contribution is 7.13. The average Bonchev–Trinajstić information content (AvgIpc) is 2.88. The summed E-state index contributed by atoms with van der Waals surface area (Å²) in [5, 5.41) is 8.30. The third kappa shape index (κ3) is 3.84.